The number of aromatic amines is 1. The molecule has 2 aromatic heterocycles. The Hall–Kier alpha value is -3.21. The number of allylic oxidation sites excluding steroid dienone is 2. The van der Waals surface area contributed by atoms with E-state index >= 15 is 0 Å². The zero-order valence-electron chi connectivity index (χ0n) is 18.6. The van der Waals surface area contributed by atoms with Gasteiger partial charge in [0.2, 0.25) is 0 Å². The Balaban J connectivity index is 1.53. The van der Waals surface area contributed by atoms with Crippen molar-refractivity contribution in [2.24, 2.45) is 4.99 Å². The van der Waals surface area contributed by atoms with Crippen LogP contribution in [0.1, 0.15) is 62.0 Å². The predicted molar refractivity (Wildman–Crippen MR) is 130 cm³/mol. The summed E-state index contributed by atoms with van der Waals surface area (Å²) in [4.78, 5) is 17.5. The van der Waals surface area contributed by atoms with Crippen LogP contribution in [-0.4, -0.2) is 34.3 Å². The normalized spacial score (nSPS) is 15.7. The molecule has 0 saturated carbocycles. The van der Waals surface area contributed by atoms with Crippen LogP contribution in [0.5, 0.6) is 5.75 Å². The van der Waals surface area contributed by atoms with E-state index in [1.807, 2.05) is 18.3 Å². The molecule has 0 radical (unpaired) electrons. The number of nitrogens with one attached hydrogen (secondary N) is 1. The second kappa shape index (κ2) is 9.73. The molecular weight excluding hydrogens is 384 g/mol. The molecule has 0 amide bonds. The van der Waals surface area contributed by atoms with E-state index in [2.05, 4.69) is 59.2 Å². The minimum Gasteiger partial charge on any atom is -0.497 e. The van der Waals surface area contributed by atoms with Crippen molar-refractivity contribution in [3.05, 3.63) is 59.1 Å². The highest BCUT2D eigenvalue weighted by Gasteiger charge is 2.13. The van der Waals surface area contributed by atoms with Crippen LogP contribution in [0.25, 0.3) is 28.9 Å². The number of ether oxygens (including phenoxy) is 1. The zero-order chi connectivity index (χ0) is 21.6. The molecule has 5 nitrogen and oxygen atoms in total. The maximum absolute atomic E-state index is 5.41. The number of rotatable bonds is 7. The van der Waals surface area contributed by atoms with Crippen LogP contribution < -0.4 is 4.74 Å². The highest BCUT2D eigenvalue weighted by Crippen LogP contribution is 2.27. The Morgan fingerprint density at radius 2 is 2.03 bits per heavy atom. The molecule has 3 aromatic rings. The van der Waals surface area contributed by atoms with Crippen molar-refractivity contribution in [2.75, 3.05) is 13.7 Å². The molecule has 0 saturated heterocycles. The molecule has 1 aromatic carbocycles. The van der Waals surface area contributed by atoms with Crippen molar-refractivity contribution in [1.29, 1.82) is 0 Å². The van der Waals surface area contributed by atoms with E-state index in [1.165, 1.54) is 16.8 Å². The van der Waals surface area contributed by atoms with Crippen molar-refractivity contribution >= 4 is 34.6 Å². The van der Waals surface area contributed by atoms with Gasteiger partial charge in [0, 0.05) is 24.4 Å². The fraction of sp³-hybridized carbons (Fsp3) is 0.346. The summed E-state index contributed by atoms with van der Waals surface area (Å²) in [5, 5.41) is 0. The monoisotopic (exact) mass is 414 g/mol. The van der Waals surface area contributed by atoms with Crippen LogP contribution >= 0.6 is 0 Å². The van der Waals surface area contributed by atoms with E-state index < -0.39 is 0 Å². The molecule has 160 valence electrons. The molecule has 2 heterocycles. The van der Waals surface area contributed by atoms with E-state index in [-0.39, 0.29) is 0 Å². The van der Waals surface area contributed by atoms with Crippen molar-refractivity contribution in [1.82, 2.24) is 15.0 Å². The third-order valence-electron chi connectivity index (χ3n) is 5.60. The van der Waals surface area contributed by atoms with Crippen LogP contribution in [-0.2, 0) is 6.42 Å². The molecule has 5 heteroatoms. The van der Waals surface area contributed by atoms with Gasteiger partial charge in [0.15, 0.2) is 5.65 Å². The molecule has 0 aliphatic heterocycles. The second-order valence-electron chi connectivity index (χ2n) is 7.89. The predicted octanol–water partition coefficient (Wildman–Crippen LogP) is 6.12. The lowest BCUT2D eigenvalue weighted by molar-refractivity contribution is 0.414. The molecule has 0 spiro atoms. The average Bonchev–Trinajstić information content (AvgIpc) is 3.25. The summed E-state index contributed by atoms with van der Waals surface area (Å²) in [6, 6.07) is 8.39. The SMILES string of the molecule is CCCN=C1CC=C(c2cc3nc(/C=C/c4cc(CC)cc(OC)c4)cnc3[nH]2)CC1. The molecule has 4 rings (SSSR count). The molecule has 1 N–H and O–H groups in total. The lowest BCUT2D eigenvalue weighted by Crippen LogP contribution is -2.05. The fourth-order valence-electron chi connectivity index (χ4n) is 3.84. The van der Waals surface area contributed by atoms with E-state index in [9.17, 15) is 0 Å². The summed E-state index contributed by atoms with van der Waals surface area (Å²) in [6.45, 7) is 5.25. The summed E-state index contributed by atoms with van der Waals surface area (Å²) in [5.41, 5.74) is 8.67. The van der Waals surface area contributed by atoms with Gasteiger partial charge in [-0.1, -0.05) is 32.1 Å². The quantitative estimate of drug-likeness (QED) is 0.507. The van der Waals surface area contributed by atoms with Gasteiger partial charge < -0.3 is 9.72 Å². The van der Waals surface area contributed by atoms with Gasteiger partial charge >= 0.3 is 0 Å². The lowest BCUT2D eigenvalue weighted by atomic mass is 9.95. The summed E-state index contributed by atoms with van der Waals surface area (Å²) < 4.78 is 5.41. The number of H-pyrrole nitrogens is 1. The number of benzene rings is 1. The highest BCUT2D eigenvalue weighted by atomic mass is 16.5. The largest absolute Gasteiger partial charge is 0.497 e. The van der Waals surface area contributed by atoms with Gasteiger partial charge in [-0.3, -0.25) is 4.99 Å². The third-order valence-corrected chi connectivity index (χ3v) is 5.60. The van der Waals surface area contributed by atoms with Crippen LogP contribution in [0.2, 0.25) is 0 Å². The first-order chi connectivity index (χ1) is 15.2. The van der Waals surface area contributed by atoms with Crippen LogP contribution in [0.15, 0.2) is 41.5 Å². The Kier molecular flexibility index (Phi) is 6.60. The Morgan fingerprint density at radius 1 is 1.13 bits per heavy atom. The van der Waals surface area contributed by atoms with Gasteiger partial charge in [-0.2, -0.15) is 0 Å². The first-order valence-electron chi connectivity index (χ1n) is 11.1. The molecule has 1 aliphatic carbocycles. The highest BCUT2D eigenvalue weighted by molar-refractivity contribution is 5.92. The summed E-state index contributed by atoms with van der Waals surface area (Å²) >= 11 is 0. The van der Waals surface area contributed by atoms with Gasteiger partial charge in [0.25, 0.3) is 0 Å². The van der Waals surface area contributed by atoms with Crippen molar-refractivity contribution in [2.45, 2.75) is 46.0 Å². The number of aliphatic imine (C=N–C) groups is 1. The number of nitrogens with zero attached hydrogens (tertiary/aromatic N) is 3. The first kappa shape index (κ1) is 21.0. The van der Waals surface area contributed by atoms with Gasteiger partial charge in [-0.05, 0) is 66.7 Å². The fourth-order valence-corrected chi connectivity index (χ4v) is 3.84. The van der Waals surface area contributed by atoms with Crippen molar-refractivity contribution in [3.8, 4) is 5.75 Å². The smallest absolute Gasteiger partial charge is 0.156 e. The van der Waals surface area contributed by atoms with E-state index in [0.717, 1.165) is 72.5 Å². The second-order valence-corrected chi connectivity index (χ2v) is 7.89. The summed E-state index contributed by atoms with van der Waals surface area (Å²) in [6.07, 6.45) is 13.2. The number of hydrogen-bond donors (Lipinski definition) is 1. The lowest BCUT2D eigenvalue weighted by Gasteiger charge is -2.13. The summed E-state index contributed by atoms with van der Waals surface area (Å²) in [5.74, 6) is 0.875. The Morgan fingerprint density at radius 3 is 2.77 bits per heavy atom. The number of aromatic nitrogens is 3. The first-order valence-corrected chi connectivity index (χ1v) is 11.1. The molecule has 0 unspecified atom stereocenters. The van der Waals surface area contributed by atoms with E-state index in [0.29, 0.717) is 0 Å². The Labute approximate surface area is 184 Å². The van der Waals surface area contributed by atoms with Crippen LogP contribution in [0.3, 0.4) is 0 Å². The number of fused-ring (bicyclic) bond motifs is 1. The number of methoxy groups -OCH3 is 1. The topological polar surface area (TPSA) is 63.2 Å². The maximum atomic E-state index is 5.41. The maximum Gasteiger partial charge on any atom is 0.156 e. The average molecular weight is 415 g/mol. The van der Waals surface area contributed by atoms with E-state index in [1.54, 1.807) is 7.11 Å². The van der Waals surface area contributed by atoms with Crippen LogP contribution in [0, 0.1) is 0 Å². The molecule has 0 atom stereocenters. The number of aryl methyl sites for hydroxylation is 1. The zero-order valence-corrected chi connectivity index (χ0v) is 18.6. The Bertz CT molecular complexity index is 1130. The molecule has 31 heavy (non-hydrogen) atoms. The van der Waals surface area contributed by atoms with Gasteiger partial charge in [-0.15, -0.1) is 0 Å². The van der Waals surface area contributed by atoms with Gasteiger partial charge in [0.05, 0.1) is 19.0 Å². The third kappa shape index (κ3) is 5.10. The molecular formula is C26H30N4O. The summed E-state index contributed by atoms with van der Waals surface area (Å²) in [7, 11) is 1.70. The van der Waals surface area contributed by atoms with Crippen LogP contribution in [0.4, 0.5) is 0 Å². The standard InChI is InChI=1S/C26H30N4O/c1-4-12-27-21-10-7-20(8-11-21)24-16-25-26(30-24)28-17-22(29-25)9-6-19-13-18(5-2)14-23(15-19)31-3/h6-7,9,13-17H,4-5,8,10-12H2,1-3H3,(H,28,30)/b9-6+,27-21?. The van der Waals surface area contributed by atoms with Gasteiger partial charge in [0.1, 0.15) is 11.3 Å². The minimum absolute atomic E-state index is 0.827. The van der Waals surface area contributed by atoms with Gasteiger partial charge in [-0.25, -0.2) is 9.97 Å². The minimum atomic E-state index is 0.827. The van der Waals surface area contributed by atoms with Crippen molar-refractivity contribution < 1.29 is 4.74 Å². The van der Waals surface area contributed by atoms with E-state index in [4.69, 9.17) is 9.72 Å². The molecule has 1 aliphatic rings. The van der Waals surface area contributed by atoms with Crippen molar-refractivity contribution in [3.63, 3.8) is 0 Å². The molecule has 0 bridgehead atoms. The molecule has 0 fully saturated rings. The number of hydrogen-bond acceptors (Lipinski definition) is 4.